The minimum Gasteiger partial charge on any atom is -0.481 e. The van der Waals surface area contributed by atoms with Gasteiger partial charge in [-0.15, -0.1) is 0 Å². The Bertz CT molecular complexity index is 692. The summed E-state index contributed by atoms with van der Waals surface area (Å²) in [5.41, 5.74) is 1.24. The van der Waals surface area contributed by atoms with Crippen molar-refractivity contribution in [3.8, 4) is 5.75 Å². The summed E-state index contributed by atoms with van der Waals surface area (Å²) < 4.78 is 15.1. The molecule has 9 nitrogen and oxygen atoms in total. The molecule has 3 rings (SSSR count). The maximum absolute atomic E-state index is 12.0. The number of amides is 3. The fourth-order valence-corrected chi connectivity index (χ4v) is 2.54. The molecule has 128 valence electrons. The van der Waals surface area contributed by atoms with Crippen LogP contribution in [0.1, 0.15) is 0 Å². The lowest BCUT2D eigenvalue weighted by Gasteiger charge is -2.27. The van der Waals surface area contributed by atoms with Crippen molar-refractivity contribution >= 4 is 29.5 Å². The maximum Gasteiger partial charge on any atom is 0.414 e. The lowest BCUT2D eigenvalue weighted by molar-refractivity contribution is -0.120. The summed E-state index contributed by atoms with van der Waals surface area (Å²) in [6.45, 7) is 0.410. The quantitative estimate of drug-likeness (QED) is 0.874. The number of carbonyl (C=O) groups excluding carboxylic acids is 3. The van der Waals surface area contributed by atoms with E-state index in [-0.39, 0.29) is 25.6 Å². The van der Waals surface area contributed by atoms with Crippen LogP contribution < -0.4 is 19.9 Å². The molecule has 0 radical (unpaired) electrons. The molecule has 2 aliphatic rings. The number of alkyl carbamates (subject to hydrolysis) is 1. The summed E-state index contributed by atoms with van der Waals surface area (Å²) in [7, 11) is 2.93. The molecule has 1 N–H and O–H groups in total. The molecule has 1 fully saturated rings. The Morgan fingerprint density at radius 1 is 1.42 bits per heavy atom. The van der Waals surface area contributed by atoms with Gasteiger partial charge in [-0.1, -0.05) is 0 Å². The average Bonchev–Trinajstić information content (AvgIpc) is 2.96. The van der Waals surface area contributed by atoms with Crippen LogP contribution in [0.15, 0.2) is 18.2 Å². The predicted octanol–water partition coefficient (Wildman–Crippen LogP) is 0.723. The number of carbonyl (C=O) groups is 3. The third-order valence-electron chi connectivity index (χ3n) is 3.88. The third kappa shape index (κ3) is 2.92. The zero-order valence-electron chi connectivity index (χ0n) is 13.3. The van der Waals surface area contributed by atoms with E-state index < -0.39 is 18.3 Å². The smallest absolute Gasteiger partial charge is 0.414 e. The standard InChI is InChI=1S/C15H17N3O6/c1-17-11-4-3-9(5-12(11)23-8-13(17)19)18-7-10(24-15(18)21)6-16-14(20)22-2/h3-5,10H,6-8H2,1-2H3,(H,16,20)/t10-/m0/s1. The minimum atomic E-state index is -0.584. The summed E-state index contributed by atoms with van der Waals surface area (Å²) in [6.07, 6.45) is -1.57. The summed E-state index contributed by atoms with van der Waals surface area (Å²) in [5, 5.41) is 2.49. The second-order valence-corrected chi connectivity index (χ2v) is 5.38. The molecule has 1 saturated heterocycles. The Morgan fingerprint density at radius 2 is 2.21 bits per heavy atom. The summed E-state index contributed by atoms with van der Waals surface area (Å²) >= 11 is 0. The van der Waals surface area contributed by atoms with Crippen LogP contribution in [0.25, 0.3) is 0 Å². The predicted molar refractivity (Wildman–Crippen MR) is 83.4 cm³/mol. The van der Waals surface area contributed by atoms with Crippen LogP contribution in [-0.4, -0.2) is 58.1 Å². The van der Waals surface area contributed by atoms with Gasteiger partial charge >= 0.3 is 12.2 Å². The van der Waals surface area contributed by atoms with E-state index in [0.29, 0.717) is 17.1 Å². The number of ether oxygens (including phenoxy) is 3. The normalized spacial score (nSPS) is 19.5. The molecule has 1 atom stereocenters. The fraction of sp³-hybridized carbons (Fsp3) is 0.400. The van der Waals surface area contributed by atoms with Crippen LogP contribution in [0.4, 0.5) is 21.0 Å². The van der Waals surface area contributed by atoms with Gasteiger partial charge in [-0.2, -0.15) is 0 Å². The number of anilines is 2. The Balaban J connectivity index is 1.72. The van der Waals surface area contributed by atoms with E-state index in [4.69, 9.17) is 9.47 Å². The Hall–Kier alpha value is -2.97. The molecule has 0 unspecified atom stereocenters. The van der Waals surface area contributed by atoms with E-state index in [1.807, 2.05) is 0 Å². The van der Waals surface area contributed by atoms with Crippen molar-refractivity contribution in [1.82, 2.24) is 5.32 Å². The molecule has 0 aromatic heterocycles. The number of rotatable bonds is 3. The summed E-state index contributed by atoms with van der Waals surface area (Å²) in [5.74, 6) is 0.392. The lowest BCUT2D eigenvalue weighted by Crippen LogP contribution is -2.36. The highest BCUT2D eigenvalue weighted by Crippen LogP contribution is 2.35. The highest BCUT2D eigenvalue weighted by atomic mass is 16.6. The highest BCUT2D eigenvalue weighted by molar-refractivity contribution is 5.98. The third-order valence-corrected chi connectivity index (χ3v) is 3.88. The lowest BCUT2D eigenvalue weighted by atomic mass is 10.2. The molecular weight excluding hydrogens is 318 g/mol. The molecule has 0 bridgehead atoms. The van der Waals surface area contributed by atoms with Gasteiger partial charge in [0.05, 0.1) is 31.6 Å². The van der Waals surface area contributed by atoms with E-state index in [9.17, 15) is 14.4 Å². The van der Waals surface area contributed by atoms with Crippen LogP contribution in [0.5, 0.6) is 5.75 Å². The van der Waals surface area contributed by atoms with Crippen molar-refractivity contribution in [2.24, 2.45) is 0 Å². The van der Waals surface area contributed by atoms with Crippen molar-refractivity contribution in [2.75, 3.05) is 43.7 Å². The molecule has 24 heavy (non-hydrogen) atoms. The second kappa shape index (κ2) is 6.26. The highest BCUT2D eigenvalue weighted by Gasteiger charge is 2.33. The van der Waals surface area contributed by atoms with Gasteiger partial charge in [0.25, 0.3) is 5.91 Å². The monoisotopic (exact) mass is 335 g/mol. The Kier molecular flexibility index (Phi) is 4.15. The number of cyclic esters (lactones) is 1. The average molecular weight is 335 g/mol. The molecule has 2 aliphatic heterocycles. The maximum atomic E-state index is 12.0. The fourth-order valence-electron chi connectivity index (χ4n) is 2.54. The van der Waals surface area contributed by atoms with Crippen molar-refractivity contribution in [2.45, 2.75) is 6.10 Å². The van der Waals surface area contributed by atoms with Gasteiger partial charge < -0.3 is 24.4 Å². The van der Waals surface area contributed by atoms with E-state index >= 15 is 0 Å². The zero-order chi connectivity index (χ0) is 17.3. The molecule has 0 spiro atoms. The van der Waals surface area contributed by atoms with E-state index in [1.54, 1.807) is 25.2 Å². The minimum absolute atomic E-state index is 0.0386. The van der Waals surface area contributed by atoms with Gasteiger partial charge in [0.1, 0.15) is 11.9 Å². The number of nitrogens with one attached hydrogen (secondary N) is 1. The van der Waals surface area contributed by atoms with Crippen LogP contribution in [0.3, 0.4) is 0 Å². The topological polar surface area (TPSA) is 97.4 Å². The first-order chi connectivity index (χ1) is 11.5. The molecule has 0 saturated carbocycles. The van der Waals surface area contributed by atoms with Crippen molar-refractivity contribution in [3.05, 3.63) is 18.2 Å². The van der Waals surface area contributed by atoms with Gasteiger partial charge in [-0.05, 0) is 12.1 Å². The summed E-state index contributed by atoms with van der Waals surface area (Å²) in [4.78, 5) is 37.7. The SMILES string of the molecule is COC(=O)NC[C@H]1CN(c2ccc3c(c2)OCC(=O)N3C)C(=O)O1. The molecule has 1 aromatic carbocycles. The first kappa shape index (κ1) is 15.9. The molecule has 2 heterocycles. The van der Waals surface area contributed by atoms with Gasteiger partial charge in [-0.25, -0.2) is 9.59 Å². The first-order valence-corrected chi connectivity index (χ1v) is 7.33. The molecule has 3 amide bonds. The molecule has 1 aromatic rings. The van der Waals surface area contributed by atoms with Crippen molar-refractivity contribution < 1.29 is 28.6 Å². The Labute approximate surface area is 138 Å². The number of benzene rings is 1. The largest absolute Gasteiger partial charge is 0.481 e. The molecular formula is C15H17N3O6. The summed E-state index contributed by atoms with van der Waals surface area (Å²) in [6, 6.07) is 5.12. The molecule has 9 heteroatoms. The van der Waals surface area contributed by atoms with Crippen LogP contribution in [0.2, 0.25) is 0 Å². The van der Waals surface area contributed by atoms with Gasteiger partial charge in [-0.3, -0.25) is 9.69 Å². The number of methoxy groups -OCH3 is 1. The van der Waals surface area contributed by atoms with Crippen LogP contribution >= 0.6 is 0 Å². The number of likely N-dealkylation sites (N-methyl/N-ethyl adjacent to an activating group) is 1. The van der Waals surface area contributed by atoms with Crippen LogP contribution in [0, 0.1) is 0 Å². The number of hydrogen-bond acceptors (Lipinski definition) is 6. The Morgan fingerprint density at radius 3 is 2.96 bits per heavy atom. The van der Waals surface area contributed by atoms with E-state index in [0.717, 1.165) is 0 Å². The van der Waals surface area contributed by atoms with E-state index in [1.165, 1.54) is 16.9 Å². The van der Waals surface area contributed by atoms with Gasteiger partial charge in [0.15, 0.2) is 6.61 Å². The zero-order valence-corrected chi connectivity index (χ0v) is 13.3. The van der Waals surface area contributed by atoms with E-state index in [2.05, 4.69) is 10.1 Å². The van der Waals surface area contributed by atoms with Gasteiger partial charge in [0.2, 0.25) is 0 Å². The number of hydrogen-bond donors (Lipinski definition) is 1. The van der Waals surface area contributed by atoms with Gasteiger partial charge in [0, 0.05) is 13.1 Å². The van der Waals surface area contributed by atoms with Crippen molar-refractivity contribution in [3.63, 3.8) is 0 Å². The molecule has 0 aliphatic carbocycles. The van der Waals surface area contributed by atoms with Crippen molar-refractivity contribution in [1.29, 1.82) is 0 Å². The first-order valence-electron chi connectivity index (χ1n) is 7.33. The number of nitrogens with zero attached hydrogens (tertiary/aromatic N) is 2. The number of fused-ring (bicyclic) bond motifs is 1. The second-order valence-electron chi connectivity index (χ2n) is 5.38. The van der Waals surface area contributed by atoms with Crippen LogP contribution in [-0.2, 0) is 14.3 Å².